The highest BCUT2D eigenvalue weighted by atomic mass is 32.2. The van der Waals surface area contributed by atoms with Crippen LogP contribution < -0.4 is 5.43 Å². The molecule has 2 atom stereocenters. The lowest BCUT2D eigenvalue weighted by Gasteiger charge is -2.40. The Morgan fingerprint density at radius 2 is 1.90 bits per heavy atom. The van der Waals surface area contributed by atoms with Gasteiger partial charge in [-0.25, -0.2) is 8.42 Å². The first kappa shape index (κ1) is 13.8. The molecule has 1 aliphatic heterocycles. The van der Waals surface area contributed by atoms with Crippen LogP contribution in [0.2, 0.25) is 0 Å². The van der Waals surface area contributed by atoms with E-state index in [2.05, 4.69) is 4.98 Å². The van der Waals surface area contributed by atoms with Crippen LogP contribution in [0, 0.1) is 11.8 Å². The molecule has 1 saturated heterocycles. The molecule has 0 bridgehead atoms. The van der Waals surface area contributed by atoms with E-state index >= 15 is 0 Å². The van der Waals surface area contributed by atoms with Crippen LogP contribution in [0.5, 0.6) is 0 Å². The number of sulfonamides is 1. The van der Waals surface area contributed by atoms with Gasteiger partial charge in [0.25, 0.3) is 0 Å². The van der Waals surface area contributed by atoms with Crippen molar-refractivity contribution < 1.29 is 8.42 Å². The summed E-state index contributed by atoms with van der Waals surface area (Å²) in [5.74, 6) is 1.14. The first-order valence-corrected chi connectivity index (χ1v) is 8.70. The van der Waals surface area contributed by atoms with Gasteiger partial charge >= 0.3 is 0 Å². The number of hydrogen-bond acceptors (Lipinski definition) is 3. The summed E-state index contributed by atoms with van der Waals surface area (Å²) in [6, 6.07) is 1.26. The largest absolute Gasteiger partial charge is 0.366 e. The second-order valence-corrected chi connectivity index (χ2v) is 7.74. The molecule has 0 spiro atoms. The van der Waals surface area contributed by atoms with Crippen molar-refractivity contribution in [2.24, 2.45) is 11.8 Å². The van der Waals surface area contributed by atoms with Gasteiger partial charge in [0.2, 0.25) is 15.5 Å². The number of H-pyrrole nitrogens is 1. The second-order valence-electron chi connectivity index (χ2n) is 5.83. The van der Waals surface area contributed by atoms with Crippen molar-refractivity contribution in [1.82, 2.24) is 9.29 Å². The highest BCUT2D eigenvalue weighted by Gasteiger charge is 2.37. The molecule has 1 saturated carbocycles. The number of fused-ring (bicyclic) bond motifs is 1. The number of aromatic amines is 1. The Hall–Kier alpha value is -1.14. The smallest absolute Gasteiger partial charge is 0.248 e. The predicted octanol–water partition coefficient (Wildman–Crippen LogP) is 1.58. The van der Waals surface area contributed by atoms with Crippen molar-refractivity contribution in [1.29, 1.82) is 0 Å². The molecule has 2 fully saturated rings. The fourth-order valence-corrected chi connectivity index (χ4v) is 5.08. The SMILES string of the molecule is O=c1cc[nH]cc1S(=O)(=O)N1CCC2CCCCC2C1. The monoisotopic (exact) mass is 296 g/mol. The van der Waals surface area contributed by atoms with Gasteiger partial charge < -0.3 is 4.98 Å². The van der Waals surface area contributed by atoms with Crippen LogP contribution in [0.3, 0.4) is 0 Å². The molecule has 1 aromatic rings. The van der Waals surface area contributed by atoms with Gasteiger partial charge in [0.1, 0.15) is 4.90 Å². The third-order valence-corrected chi connectivity index (χ3v) is 6.55. The lowest BCUT2D eigenvalue weighted by Crippen LogP contribution is -2.45. The van der Waals surface area contributed by atoms with Gasteiger partial charge in [0.05, 0.1) is 0 Å². The average molecular weight is 296 g/mol. The molecule has 0 amide bonds. The second kappa shape index (κ2) is 5.33. The third kappa shape index (κ3) is 2.42. The minimum absolute atomic E-state index is 0.130. The quantitative estimate of drug-likeness (QED) is 0.900. The fraction of sp³-hybridized carbons (Fsp3) is 0.643. The lowest BCUT2D eigenvalue weighted by molar-refractivity contribution is 0.136. The van der Waals surface area contributed by atoms with Gasteiger partial charge in [0, 0.05) is 31.5 Å². The summed E-state index contributed by atoms with van der Waals surface area (Å²) in [4.78, 5) is 14.3. The van der Waals surface area contributed by atoms with Crippen LogP contribution in [0.15, 0.2) is 28.2 Å². The molecule has 110 valence electrons. The van der Waals surface area contributed by atoms with Gasteiger partial charge in [-0.05, 0) is 24.7 Å². The zero-order valence-electron chi connectivity index (χ0n) is 11.4. The number of rotatable bonds is 2. The third-order valence-electron chi connectivity index (χ3n) is 4.66. The molecule has 2 heterocycles. The normalized spacial score (nSPS) is 28.0. The number of aromatic nitrogens is 1. The van der Waals surface area contributed by atoms with Crippen LogP contribution in [0.1, 0.15) is 32.1 Å². The van der Waals surface area contributed by atoms with Gasteiger partial charge in [0.15, 0.2) is 0 Å². The highest BCUT2D eigenvalue weighted by Crippen LogP contribution is 2.37. The number of pyridine rings is 1. The van der Waals surface area contributed by atoms with E-state index in [4.69, 9.17) is 0 Å². The molecule has 20 heavy (non-hydrogen) atoms. The maximum atomic E-state index is 12.6. The van der Waals surface area contributed by atoms with E-state index in [9.17, 15) is 13.2 Å². The number of nitrogens with zero attached hydrogens (tertiary/aromatic N) is 1. The van der Waals surface area contributed by atoms with E-state index in [-0.39, 0.29) is 4.90 Å². The maximum absolute atomic E-state index is 12.6. The number of hydrogen-bond donors (Lipinski definition) is 1. The van der Waals surface area contributed by atoms with Crippen LogP contribution >= 0.6 is 0 Å². The Bertz CT molecular complexity index is 638. The van der Waals surface area contributed by atoms with E-state index < -0.39 is 15.5 Å². The Labute approximate surface area is 119 Å². The Morgan fingerprint density at radius 3 is 2.65 bits per heavy atom. The molecule has 1 aliphatic carbocycles. The molecule has 1 aromatic heterocycles. The van der Waals surface area contributed by atoms with Crippen LogP contribution in [0.4, 0.5) is 0 Å². The molecular formula is C14H20N2O3S. The predicted molar refractivity (Wildman–Crippen MR) is 75.9 cm³/mol. The Kier molecular flexibility index (Phi) is 3.69. The minimum Gasteiger partial charge on any atom is -0.366 e. The molecule has 1 N–H and O–H groups in total. The van der Waals surface area contributed by atoms with Crippen LogP contribution in [0.25, 0.3) is 0 Å². The summed E-state index contributed by atoms with van der Waals surface area (Å²) in [6.07, 6.45) is 8.48. The minimum atomic E-state index is -3.65. The van der Waals surface area contributed by atoms with E-state index in [1.807, 2.05) is 0 Å². The van der Waals surface area contributed by atoms with E-state index in [0.717, 1.165) is 12.8 Å². The molecule has 3 rings (SSSR count). The van der Waals surface area contributed by atoms with Crippen LogP contribution in [-0.4, -0.2) is 30.8 Å². The molecule has 2 unspecified atom stereocenters. The molecular weight excluding hydrogens is 276 g/mol. The summed E-state index contributed by atoms with van der Waals surface area (Å²) < 4.78 is 26.7. The van der Waals surface area contributed by atoms with Crippen molar-refractivity contribution in [2.45, 2.75) is 37.0 Å². The van der Waals surface area contributed by atoms with Gasteiger partial charge in [-0.15, -0.1) is 0 Å². The van der Waals surface area contributed by atoms with Crippen molar-refractivity contribution >= 4 is 10.0 Å². The topological polar surface area (TPSA) is 70.2 Å². The summed E-state index contributed by atoms with van der Waals surface area (Å²) in [6.45, 7) is 1.11. The van der Waals surface area contributed by atoms with E-state index in [0.29, 0.717) is 24.9 Å². The van der Waals surface area contributed by atoms with Crippen molar-refractivity contribution in [3.8, 4) is 0 Å². The first-order chi connectivity index (χ1) is 9.59. The zero-order chi connectivity index (χ0) is 14.2. The first-order valence-electron chi connectivity index (χ1n) is 7.26. The van der Waals surface area contributed by atoms with E-state index in [1.165, 1.54) is 42.0 Å². The van der Waals surface area contributed by atoms with Gasteiger partial charge in [-0.2, -0.15) is 4.31 Å². The summed E-state index contributed by atoms with van der Waals surface area (Å²) in [5, 5.41) is 0. The zero-order valence-corrected chi connectivity index (χ0v) is 12.2. The molecule has 0 radical (unpaired) electrons. The fourth-order valence-electron chi connectivity index (χ4n) is 3.53. The Balaban J connectivity index is 1.86. The van der Waals surface area contributed by atoms with Gasteiger partial charge in [-0.3, -0.25) is 4.79 Å². The number of nitrogens with one attached hydrogen (secondary N) is 1. The molecule has 5 nitrogen and oxygen atoms in total. The van der Waals surface area contributed by atoms with E-state index in [1.54, 1.807) is 0 Å². The molecule has 6 heteroatoms. The van der Waals surface area contributed by atoms with Gasteiger partial charge in [-0.1, -0.05) is 19.3 Å². The average Bonchev–Trinajstić information content (AvgIpc) is 2.47. The standard InChI is InChI=1S/C14H20N2O3S/c17-13-5-7-15-9-14(13)20(18,19)16-8-6-11-3-1-2-4-12(11)10-16/h5,7,9,11-12H,1-4,6,8,10H2,(H,15,17). The summed E-state index contributed by atoms with van der Waals surface area (Å²) >= 11 is 0. The highest BCUT2D eigenvalue weighted by molar-refractivity contribution is 7.89. The van der Waals surface area contributed by atoms with Crippen molar-refractivity contribution in [3.05, 3.63) is 28.7 Å². The summed E-state index contributed by atoms with van der Waals surface area (Å²) in [7, 11) is -3.65. The van der Waals surface area contributed by atoms with Crippen LogP contribution in [-0.2, 0) is 10.0 Å². The van der Waals surface area contributed by atoms with Crippen molar-refractivity contribution in [2.75, 3.05) is 13.1 Å². The molecule has 2 aliphatic rings. The Morgan fingerprint density at radius 1 is 1.15 bits per heavy atom. The lowest BCUT2D eigenvalue weighted by atomic mass is 9.76. The number of piperidine rings is 1. The van der Waals surface area contributed by atoms with Crippen molar-refractivity contribution in [3.63, 3.8) is 0 Å². The maximum Gasteiger partial charge on any atom is 0.248 e. The molecule has 0 aromatic carbocycles. The summed E-state index contributed by atoms with van der Waals surface area (Å²) in [5.41, 5.74) is -0.436.